The number of rotatable bonds is 4. The Labute approximate surface area is 97.7 Å². The minimum absolute atomic E-state index is 0.146. The number of anilines is 1. The highest BCUT2D eigenvalue weighted by Gasteiger charge is 2.09. The molecule has 0 unspecified atom stereocenters. The average molecular weight is 237 g/mol. The van der Waals surface area contributed by atoms with Gasteiger partial charge in [-0.05, 0) is 13.3 Å². The van der Waals surface area contributed by atoms with Gasteiger partial charge in [-0.25, -0.2) is 19.3 Å². The quantitative estimate of drug-likeness (QED) is 0.751. The molecule has 2 heterocycles. The van der Waals surface area contributed by atoms with Crippen molar-refractivity contribution >= 4 is 11.5 Å². The summed E-state index contributed by atoms with van der Waals surface area (Å²) in [6, 6.07) is 1.74. The van der Waals surface area contributed by atoms with E-state index in [4.69, 9.17) is 5.11 Å². The van der Waals surface area contributed by atoms with Crippen molar-refractivity contribution in [1.29, 1.82) is 0 Å². The zero-order valence-electron chi connectivity index (χ0n) is 9.84. The molecule has 2 N–H and O–H groups in total. The third kappa shape index (κ3) is 2.14. The first kappa shape index (κ1) is 11.6. The second-order valence-electron chi connectivity index (χ2n) is 3.88. The zero-order chi connectivity index (χ0) is 12.4. The van der Waals surface area contributed by atoms with Crippen molar-refractivity contribution in [2.45, 2.75) is 13.3 Å². The van der Waals surface area contributed by atoms with Crippen LogP contribution < -0.4 is 10.6 Å². The Balaban J connectivity index is 2.40. The monoisotopic (exact) mass is 237 g/mol. The highest BCUT2D eigenvalue weighted by Crippen LogP contribution is 2.12. The van der Waals surface area contributed by atoms with Crippen LogP contribution in [0, 0.1) is 6.92 Å². The number of aromatic amines is 1. The van der Waals surface area contributed by atoms with Crippen LogP contribution in [0.25, 0.3) is 5.65 Å². The molecule has 0 fully saturated rings. The molecule has 2 rings (SSSR count). The molecule has 2 aromatic rings. The molecule has 0 aromatic carbocycles. The summed E-state index contributed by atoms with van der Waals surface area (Å²) in [6.45, 7) is 2.61. The number of aromatic nitrogens is 4. The first-order valence-corrected chi connectivity index (χ1v) is 5.40. The van der Waals surface area contributed by atoms with Crippen molar-refractivity contribution in [1.82, 2.24) is 19.6 Å². The lowest BCUT2D eigenvalue weighted by atomic mass is 10.4. The highest BCUT2D eigenvalue weighted by atomic mass is 16.3. The van der Waals surface area contributed by atoms with Gasteiger partial charge < -0.3 is 10.0 Å². The van der Waals surface area contributed by atoms with Crippen LogP contribution in [0.1, 0.15) is 12.2 Å². The summed E-state index contributed by atoms with van der Waals surface area (Å²) in [4.78, 5) is 17.7. The van der Waals surface area contributed by atoms with Crippen molar-refractivity contribution in [3.8, 4) is 0 Å². The van der Waals surface area contributed by atoms with Gasteiger partial charge in [-0.1, -0.05) is 0 Å². The fraction of sp³-hybridized carbons (Fsp3) is 0.500. The summed E-state index contributed by atoms with van der Waals surface area (Å²) in [5.74, 6) is 1.33. The van der Waals surface area contributed by atoms with Crippen LogP contribution in [0.15, 0.2) is 10.9 Å². The van der Waals surface area contributed by atoms with Gasteiger partial charge in [0.1, 0.15) is 11.6 Å². The van der Waals surface area contributed by atoms with Crippen molar-refractivity contribution in [2.24, 2.45) is 0 Å². The van der Waals surface area contributed by atoms with Crippen LogP contribution in [-0.4, -0.2) is 44.9 Å². The van der Waals surface area contributed by atoms with Gasteiger partial charge >= 0.3 is 5.69 Å². The minimum Gasteiger partial charge on any atom is -0.396 e. The van der Waals surface area contributed by atoms with E-state index < -0.39 is 0 Å². The van der Waals surface area contributed by atoms with E-state index >= 15 is 0 Å². The van der Waals surface area contributed by atoms with E-state index in [9.17, 15) is 4.79 Å². The fourth-order valence-corrected chi connectivity index (χ4v) is 1.70. The molecule has 0 saturated heterocycles. The largest absolute Gasteiger partial charge is 0.396 e. The molecule has 2 aromatic heterocycles. The summed E-state index contributed by atoms with van der Waals surface area (Å²) >= 11 is 0. The van der Waals surface area contributed by atoms with Crippen molar-refractivity contribution < 1.29 is 5.11 Å². The number of aliphatic hydroxyl groups excluding tert-OH is 1. The second-order valence-corrected chi connectivity index (χ2v) is 3.88. The Morgan fingerprint density at radius 3 is 3.06 bits per heavy atom. The molecule has 0 amide bonds. The topological polar surface area (TPSA) is 86.5 Å². The number of nitrogens with zero attached hydrogens (tertiary/aromatic N) is 4. The van der Waals surface area contributed by atoms with Gasteiger partial charge in [0.2, 0.25) is 0 Å². The third-order valence-corrected chi connectivity index (χ3v) is 2.60. The number of aryl methyl sites for hydroxylation is 1. The Kier molecular flexibility index (Phi) is 3.10. The number of nitrogens with one attached hydrogen (secondary N) is 1. The molecule has 0 aliphatic rings. The molecule has 7 nitrogen and oxygen atoms in total. The summed E-state index contributed by atoms with van der Waals surface area (Å²) in [7, 11) is 1.89. The Bertz CT molecular complexity index is 574. The van der Waals surface area contributed by atoms with Crippen molar-refractivity contribution in [3.63, 3.8) is 0 Å². The van der Waals surface area contributed by atoms with Crippen LogP contribution in [0.5, 0.6) is 0 Å². The first-order valence-electron chi connectivity index (χ1n) is 5.40. The standard InChI is InChI=1S/C10H15N5O2/c1-7-11-8(14(2)4-3-5-16)6-9-12-13-10(17)15(7)9/h6,16H,3-5H2,1-2H3,(H,13,17). The van der Waals surface area contributed by atoms with Crippen LogP contribution in [0.3, 0.4) is 0 Å². The molecular formula is C10H15N5O2. The van der Waals surface area contributed by atoms with Crippen LogP contribution >= 0.6 is 0 Å². The van der Waals surface area contributed by atoms with Gasteiger partial charge in [-0.2, -0.15) is 5.10 Å². The van der Waals surface area contributed by atoms with Crippen LogP contribution in [0.2, 0.25) is 0 Å². The zero-order valence-corrected chi connectivity index (χ0v) is 9.84. The molecule has 17 heavy (non-hydrogen) atoms. The number of hydrogen-bond acceptors (Lipinski definition) is 5. The molecule has 0 radical (unpaired) electrons. The lowest BCUT2D eigenvalue weighted by molar-refractivity contribution is 0.290. The van der Waals surface area contributed by atoms with Crippen molar-refractivity contribution in [2.75, 3.05) is 25.1 Å². The number of H-pyrrole nitrogens is 1. The van der Waals surface area contributed by atoms with Gasteiger partial charge in [-0.3, -0.25) is 0 Å². The normalized spacial score (nSPS) is 11.0. The van der Waals surface area contributed by atoms with Gasteiger partial charge in [0.25, 0.3) is 0 Å². The van der Waals surface area contributed by atoms with Gasteiger partial charge in [0.15, 0.2) is 5.65 Å². The van der Waals surface area contributed by atoms with Gasteiger partial charge in [-0.15, -0.1) is 0 Å². The summed E-state index contributed by atoms with van der Waals surface area (Å²) in [5.41, 5.74) is 0.267. The maximum absolute atomic E-state index is 11.4. The molecule has 0 saturated carbocycles. The molecule has 7 heteroatoms. The number of aliphatic hydroxyl groups is 1. The number of fused-ring (bicyclic) bond motifs is 1. The molecule has 0 spiro atoms. The number of hydrogen-bond donors (Lipinski definition) is 2. The molecule has 92 valence electrons. The van der Waals surface area contributed by atoms with Gasteiger partial charge in [0.05, 0.1) is 0 Å². The molecule has 0 aliphatic carbocycles. The van der Waals surface area contributed by atoms with E-state index in [0.717, 1.165) is 5.82 Å². The SMILES string of the molecule is Cc1nc(N(C)CCCO)cc2n[nH]c(=O)n12. The molecule has 0 aliphatic heterocycles. The van der Waals surface area contributed by atoms with E-state index in [0.29, 0.717) is 24.4 Å². The molecule has 0 bridgehead atoms. The minimum atomic E-state index is -0.283. The van der Waals surface area contributed by atoms with Crippen LogP contribution in [-0.2, 0) is 0 Å². The van der Waals surface area contributed by atoms with E-state index in [1.807, 2.05) is 11.9 Å². The fourth-order valence-electron chi connectivity index (χ4n) is 1.70. The van der Waals surface area contributed by atoms with Gasteiger partial charge in [0, 0.05) is 26.3 Å². The third-order valence-electron chi connectivity index (χ3n) is 2.60. The smallest absolute Gasteiger partial charge is 0.349 e. The highest BCUT2D eigenvalue weighted by molar-refractivity contribution is 5.50. The Morgan fingerprint density at radius 2 is 2.35 bits per heavy atom. The van der Waals surface area contributed by atoms with Crippen LogP contribution in [0.4, 0.5) is 5.82 Å². The Hall–Kier alpha value is -1.89. The summed E-state index contributed by atoms with van der Waals surface area (Å²) < 4.78 is 1.42. The van der Waals surface area contributed by atoms with E-state index in [2.05, 4.69) is 15.2 Å². The predicted octanol–water partition coefficient (Wildman–Crippen LogP) is -0.455. The molecular weight excluding hydrogens is 222 g/mol. The molecule has 0 atom stereocenters. The van der Waals surface area contributed by atoms with E-state index in [-0.39, 0.29) is 12.3 Å². The first-order chi connectivity index (χ1) is 8.13. The Morgan fingerprint density at radius 1 is 1.59 bits per heavy atom. The van der Waals surface area contributed by atoms with E-state index in [1.54, 1.807) is 13.0 Å². The lowest BCUT2D eigenvalue weighted by Gasteiger charge is -2.17. The second kappa shape index (κ2) is 4.54. The summed E-state index contributed by atoms with van der Waals surface area (Å²) in [5, 5.41) is 15.1. The van der Waals surface area contributed by atoms with E-state index in [1.165, 1.54) is 4.40 Å². The average Bonchev–Trinajstić information content (AvgIpc) is 2.68. The maximum Gasteiger partial charge on any atom is 0.349 e. The summed E-state index contributed by atoms with van der Waals surface area (Å²) in [6.07, 6.45) is 0.676. The maximum atomic E-state index is 11.4. The predicted molar refractivity (Wildman–Crippen MR) is 63.3 cm³/mol. The lowest BCUT2D eigenvalue weighted by Crippen LogP contribution is -2.22. The van der Waals surface area contributed by atoms with Crippen molar-refractivity contribution in [3.05, 3.63) is 22.4 Å².